The highest BCUT2D eigenvalue weighted by Gasteiger charge is 2.19. The van der Waals surface area contributed by atoms with Crippen molar-refractivity contribution in [2.75, 3.05) is 37.6 Å². The number of hydrogen-bond acceptors (Lipinski definition) is 6. The first-order valence-electron chi connectivity index (χ1n) is 9.17. The Balaban J connectivity index is 1.57. The Morgan fingerprint density at radius 3 is 2.42 bits per heavy atom. The Morgan fingerprint density at radius 2 is 1.77 bits per heavy atom. The molecule has 2 aromatic rings. The van der Waals surface area contributed by atoms with Crippen LogP contribution in [0.4, 0.5) is 5.82 Å². The third kappa shape index (κ3) is 4.46. The third-order valence-corrected chi connectivity index (χ3v) is 4.70. The van der Waals surface area contributed by atoms with Crippen LogP contribution in [0.5, 0.6) is 0 Å². The lowest BCUT2D eigenvalue weighted by atomic mass is 9.92. The van der Waals surface area contributed by atoms with E-state index in [4.69, 9.17) is 0 Å². The molecule has 26 heavy (non-hydrogen) atoms. The fraction of sp³-hybridized carbons (Fsp3) is 0.579. The summed E-state index contributed by atoms with van der Waals surface area (Å²) in [6.45, 7) is 13.5. The standard InChI is InChI=1S/C19H28N6O/c1-15-13-20-14-17(21-15)24-10-7-23(8-11-24)9-12-25-18(26)6-5-16(22-25)19(2,3)4/h5-6,13-14H,7-12H2,1-4H3. The molecule has 0 aliphatic carbocycles. The summed E-state index contributed by atoms with van der Waals surface area (Å²) in [5, 5.41) is 4.55. The third-order valence-electron chi connectivity index (χ3n) is 4.70. The van der Waals surface area contributed by atoms with Crippen molar-refractivity contribution in [1.29, 1.82) is 0 Å². The highest BCUT2D eigenvalue weighted by molar-refractivity contribution is 5.36. The van der Waals surface area contributed by atoms with Crippen molar-refractivity contribution < 1.29 is 0 Å². The van der Waals surface area contributed by atoms with Crippen molar-refractivity contribution in [2.45, 2.75) is 39.7 Å². The molecule has 0 bridgehead atoms. The molecule has 0 unspecified atom stereocenters. The Bertz CT molecular complexity index is 802. The van der Waals surface area contributed by atoms with Gasteiger partial charge in [-0.3, -0.25) is 14.7 Å². The van der Waals surface area contributed by atoms with E-state index >= 15 is 0 Å². The van der Waals surface area contributed by atoms with Crippen LogP contribution in [0.25, 0.3) is 0 Å². The molecule has 1 aliphatic rings. The van der Waals surface area contributed by atoms with E-state index in [1.54, 1.807) is 16.9 Å². The lowest BCUT2D eigenvalue weighted by Crippen LogP contribution is -2.48. The summed E-state index contributed by atoms with van der Waals surface area (Å²) in [7, 11) is 0. The van der Waals surface area contributed by atoms with E-state index in [2.05, 4.69) is 45.6 Å². The topological polar surface area (TPSA) is 67.2 Å². The minimum Gasteiger partial charge on any atom is -0.353 e. The van der Waals surface area contributed by atoms with Crippen LogP contribution in [0.15, 0.2) is 29.3 Å². The first kappa shape index (κ1) is 18.5. The minimum atomic E-state index is -0.0596. The maximum absolute atomic E-state index is 12.1. The van der Waals surface area contributed by atoms with Crippen molar-refractivity contribution >= 4 is 5.82 Å². The van der Waals surface area contributed by atoms with Crippen molar-refractivity contribution in [3.63, 3.8) is 0 Å². The molecule has 1 fully saturated rings. The molecule has 3 heterocycles. The largest absolute Gasteiger partial charge is 0.353 e. The van der Waals surface area contributed by atoms with Gasteiger partial charge in [0, 0.05) is 50.4 Å². The minimum absolute atomic E-state index is 0.0355. The Morgan fingerprint density at radius 1 is 1.04 bits per heavy atom. The number of anilines is 1. The van der Waals surface area contributed by atoms with Crippen LogP contribution in [0, 0.1) is 6.92 Å². The zero-order valence-electron chi connectivity index (χ0n) is 16.1. The molecule has 3 rings (SSSR count). The van der Waals surface area contributed by atoms with Crippen LogP contribution in [-0.2, 0) is 12.0 Å². The molecule has 1 aliphatic heterocycles. The number of nitrogens with zero attached hydrogens (tertiary/aromatic N) is 6. The van der Waals surface area contributed by atoms with Gasteiger partial charge >= 0.3 is 0 Å². The molecule has 0 radical (unpaired) electrons. The van der Waals surface area contributed by atoms with Crippen molar-refractivity contribution in [3.8, 4) is 0 Å². The van der Waals surface area contributed by atoms with Crippen LogP contribution < -0.4 is 10.5 Å². The maximum atomic E-state index is 12.1. The highest BCUT2D eigenvalue weighted by Crippen LogP contribution is 2.18. The molecule has 0 N–H and O–H groups in total. The molecule has 0 atom stereocenters. The lowest BCUT2D eigenvalue weighted by molar-refractivity contribution is 0.241. The van der Waals surface area contributed by atoms with E-state index in [0.717, 1.165) is 49.9 Å². The van der Waals surface area contributed by atoms with E-state index in [1.165, 1.54) is 0 Å². The molecule has 140 valence electrons. The molecule has 7 nitrogen and oxygen atoms in total. The second-order valence-electron chi connectivity index (χ2n) is 7.88. The Kier molecular flexibility index (Phi) is 5.36. The Hall–Kier alpha value is -2.28. The van der Waals surface area contributed by atoms with E-state index in [1.807, 2.05) is 19.2 Å². The predicted molar refractivity (Wildman–Crippen MR) is 103 cm³/mol. The summed E-state index contributed by atoms with van der Waals surface area (Å²) in [5.41, 5.74) is 1.79. The zero-order chi connectivity index (χ0) is 18.7. The second-order valence-corrected chi connectivity index (χ2v) is 7.88. The molecule has 2 aromatic heterocycles. The highest BCUT2D eigenvalue weighted by atomic mass is 16.1. The van der Waals surface area contributed by atoms with Crippen molar-refractivity contribution in [3.05, 3.63) is 46.3 Å². The molecule has 0 saturated carbocycles. The van der Waals surface area contributed by atoms with Gasteiger partial charge in [-0.15, -0.1) is 0 Å². The summed E-state index contributed by atoms with van der Waals surface area (Å²) in [4.78, 5) is 25.5. The van der Waals surface area contributed by atoms with Crippen LogP contribution in [-0.4, -0.2) is 57.4 Å². The van der Waals surface area contributed by atoms with Crippen LogP contribution in [0.3, 0.4) is 0 Å². The second kappa shape index (κ2) is 7.53. The van der Waals surface area contributed by atoms with Gasteiger partial charge < -0.3 is 4.90 Å². The van der Waals surface area contributed by atoms with Crippen LogP contribution >= 0.6 is 0 Å². The number of rotatable bonds is 4. The monoisotopic (exact) mass is 356 g/mol. The molecule has 7 heteroatoms. The number of aromatic nitrogens is 4. The lowest BCUT2D eigenvalue weighted by Gasteiger charge is -2.35. The SMILES string of the molecule is Cc1cncc(N2CCN(CCn3nc(C(C)(C)C)ccc3=O)CC2)n1. The smallest absolute Gasteiger partial charge is 0.266 e. The van der Waals surface area contributed by atoms with E-state index in [0.29, 0.717) is 6.54 Å². The van der Waals surface area contributed by atoms with Crippen LogP contribution in [0.1, 0.15) is 32.2 Å². The quantitative estimate of drug-likeness (QED) is 0.826. The van der Waals surface area contributed by atoms with Crippen molar-refractivity contribution in [1.82, 2.24) is 24.6 Å². The summed E-state index contributed by atoms with van der Waals surface area (Å²) < 4.78 is 1.60. The van der Waals surface area contributed by atoms with Crippen molar-refractivity contribution in [2.24, 2.45) is 0 Å². The summed E-state index contributed by atoms with van der Waals surface area (Å²) in [5.74, 6) is 0.945. The molecule has 1 saturated heterocycles. The summed E-state index contributed by atoms with van der Waals surface area (Å²) >= 11 is 0. The van der Waals surface area contributed by atoms with Gasteiger partial charge in [0.05, 0.1) is 24.1 Å². The van der Waals surface area contributed by atoms with Gasteiger partial charge in [0.25, 0.3) is 5.56 Å². The van der Waals surface area contributed by atoms with E-state index < -0.39 is 0 Å². The predicted octanol–water partition coefficient (Wildman–Crippen LogP) is 1.46. The fourth-order valence-corrected chi connectivity index (χ4v) is 3.05. The van der Waals surface area contributed by atoms with E-state index in [-0.39, 0.29) is 11.0 Å². The summed E-state index contributed by atoms with van der Waals surface area (Å²) in [6.07, 6.45) is 3.60. The summed E-state index contributed by atoms with van der Waals surface area (Å²) in [6, 6.07) is 3.46. The fourth-order valence-electron chi connectivity index (χ4n) is 3.05. The number of piperazine rings is 1. The number of hydrogen-bond donors (Lipinski definition) is 0. The zero-order valence-corrected chi connectivity index (χ0v) is 16.1. The Labute approximate surface area is 154 Å². The van der Waals surface area contributed by atoms with Gasteiger partial charge in [0.2, 0.25) is 0 Å². The first-order valence-corrected chi connectivity index (χ1v) is 9.17. The van der Waals surface area contributed by atoms with Gasteiger partial charge in [-0.1, -0.05) is 20.8 Å². The molecule has 0 aromatic carbocycles. The van der Waals surface area contributed by atoms with Gasteiger partial charge in [-0.05, 0) is 13.0 Å². The average molecular weight is 356 g/mol. The molecule has 0 amide bonds. The number of aryl methyl sites for hydroxylation is 1. The maximum Gasteiger partial charge on any atom is 0.266 e. The first-order chi connectivity index (χ1) is 12.3. The average Bonchev–Trinajstić information content (AvgIpc) is 2.60. The molecule has 0 spiro atoms. The van der Waals surface area contributed by atoms with Gasteiger partial charge in [0.15, 0.2) is 0 Å². The van der Waals surface area contributed by atoms with Gasteiger partial charge in [0.1, 0.15) is 5.82 Å². The van der Waals surface area contributed by atoms with Gasteiger partial charge in [-0.2, -0.15) is 5.10 Å². The normalized spacial score (nSPS) is 16.1. The van der Waals surface area contributed by atoms with E-state index in [9.17, 15) is 4.79 Å². The molecular formula is C19H28N6O. The van der Waals surface area contributed by atoms with Gasteiger partial charge in [-0.25, -0.2) is 9.67 Å². The van der Waals surface area contributed by atoms with Crippen LogP contribution in [0.2, 0.25) is 0 Å². The molecular weight excluding hydrogens is 328 g/mol.